The minimum Gasteiger partial charge on any atom is -0.454 e. The fourth-order valence-corrected chi connectivity index (χ4v) is 6.41. The second kappa shape index (κ2) is 9.51. The van der Waals surface area contributed by atoms with Gasteiger partial charge in [0.2, 0.25) is 0 Å². The van der Waals surface area contributed by atoms with Gasteiger partial charge in [-0.3, -0.25) is 0 Å². The van der Waals surface area contributed by atoms with Crippen molar-refractivity contribution in [3.8, 4) is 0 Å². The zero-order valence-corrected chi connectivity index (χ0v) is 19.7. The largest absolute Gasteiger partial charge is 0.454 e. The molecule has 7 heteroatoms. The number of hydrogen-bond donors (Lipinski definition) is 0. The smallest absolute Gasteiger partial charge is 0.416 e. The van der Waals surface area contributed by atoms with Crippen molar-refractivity contribution in [3.05, 3.63) is 101 Å². The summed E-state index contributed by atoms with van der Waals surface area (Å²) < 4.78 is 45.1. The van der Waals surface area contributed by atoms with Crippen LogP contribution in [0.25, 0.3) is 0 Å². The summed E-state index contributed by atoms with van der Waals surface area (Å²) in [5, 5.41) is 1.57. The molecule has 0 amide bonds. The van der Waals surface area contributed by atoms with Gasteiger partial charge in [-0.1, -0.05) is 85.3 Å². The Balaban J connectivity index is 1.99. The molecule has 2 nitrogen and oxygen atoms in total. The number of halogens is 4. The van der Waals surface area contributed by atoms with Crippen LogP contribution in [0, 0.1) is 0 Å². The molecular weight excluding hydrogens is 453 g/mol. The summed E-state index contributed by atoms with van der Waals surface area (Å²) in [6, 6.07) is 21.2. The zero-order chi connectivity index (χ0) is 23.5. The van der Waals surface area contributed by atoms with Crippen LogP contribution in [0.3, 0.4) is 0 Å². The Hall–Kier alpha value is -2.57. The van der Waals surface area contributed by atoms with E-state index in [2.05, 4.69) is 13.1 Å². The maximum absolute atomic E-state index is 13.1. The summed E-state index contributed by atoms with van der Waals surface area (Å²) in [5.41, 5.74) is -0.0451. The van der Waals surface area contributed by atoms with Crippen molar-refractivity contribution in [2.45, 2.75) is 37.8 Å². The quantitative estimate of drug-likeness (QED) is 0.276. The minimum atomic E-state index is -4.44. The van der Waals surface area contributed by atoms with Crippen molar-refractivity contribution < 1.29 is 22.7 Å². The lowest BCUT2D eigenvalue weighted by Crippen LogP contribution is -2.47. The summed E-state index contributed by atoms with van der Waals surface area (Å²) >= 11 is 6.01. The zero-order valence-electron chi connectivity index (χ0n) is 18.0. The average Bonchev–Trinajstić information content (AvgIpc) is 2.77. The number of hydrogen-bond acceptors (Lipinski definition) is 2. The van der Waals surface area contributed by atoms with Crippen LogP contribution in [0.4, 0.5) is 13.2 Å². The van der Waals surface area contributed by atoms with Crippen LogP contribution in [-0.4, -0.2) is 14.0 Å². The van der Waals surface area contributed by atoms with Crippen LogP contribution >= 0.6 is 11.6 Å². The highest BCUT2D eigenvalue weighted by molar-refractivity contribution is 6.91. The molecule has 0 saturated heterocycles. The maximum Gasteiger partial charge on any atom is 0.416 e. The van der Waals surface area contributed by atoms with Crippen LogP contribution in [-0.2, 0) is 10.9 Å². The monoisotopic (exact) mass is 476 g/mol. The maximum atomic E-state index is 13.1. The molecule has 2 unspecified atom stereocenters. The van der Waals surface area contributed by atoms with Crippen molar-refractivity contribution in [1.82, 2.24) is 0 Å². The molecule has 0 aliphatic carbocycles. The third-order valence-electron chi connectivity index (χ3n) is 5.97. The fourth-order valence-electron chi connectivity index (χ4n) is 3.63. The predicted octanol–water partition coefficient (Wildman–Crippen LogP) is 7.26. The molecule has 0 aliphatic rings. The van der Waals surface area contributed by atoms with Gasteiger partial charge in [-0.25, -0.2) is 4.79 Å². The number of rotatable bonds is 6. The molecule has 0 radical (unpaired) electrons. The van der Waals surface area contributed by atoms with Crippen molar-refractivity contribution in [3.63, 3.8) is 0 Å². The van der Waals surface area contributed by atoms with Gasteiger partial charge >= 0.3 is 12.1 Å². The first kappa shape index (κ1) is 24.1. The second-order valence-electron chi connectivity index (χ2n) is 8.33. The Kier molecular flexibility index (Phi) is 7.15. The number of alkyl halides is 3. The summed E-state index contributed by atoms with van der Waals surface area (Å²) in [4.78, 5) is 12.9. The molecule has 32 heavy (non-hydrogen) atoms. The molecule has 0 N–H and O–H groups in total. The Labute approximate surface area is 192 Å². The van der Waals surface area contributed by atoms with E-state index in [9.17, 15) is 18.0 Å². The molecule has 168 valence electrons. The van der Waals surface area contributed by atoms with E-state index >= 15 is 0 Å². The van der Waals surface area contributed by atoms with Gasteiger partial charge in [0.15, 0.2) is 0 Å². The molecule has 3 aromatic rings. The number of carbonyl (C=O) groups is 1. The van der Waals surface area contributed by atoms with E-state index in [4.69, 9.17) is 16.3 Å². The first-order chi connectivity index (χ1) is 15.0. The van der Waals surface area contributed by atoms with Gasteiger partial charge in [0.25, 0.3) is 0 Å². The molecular formula is C25H24ClF3O2Si. The summed E-state index contributed by atoms with van der Waals surface area (Å²) in [6.45, 7) is 6.32. The van der Waals surface area contributed by atoms with Crippen LogP contribution in [0.15, 0.2) is 78.9 Å². The minimum absolute atomic E-state index is 0.121. The Morgan fingerprint density at radius 3 is 2.12 bits per heavy atom. The van der Waals surface area contributed by atoms with Crippen molar-refractivity contribution in [1.29, 1.82) is 0 Å². The molecule has 0 spiro atoms. The Morgan fingerprint density at radius 1 is 0.938 bits per heavy atom. The molecule has 3 aromatic carbocycles. The summed E-state index contributed by atoms with van der Waals surface area (Å²) in [5.74, 6) is -0.567. The number of benzene rings is 3. The molecule has 0 bridgehead atoms. The van der Waals surface area contributed by atoms with E-state index in [0.717, 1.165) is 12.1 Å². The first-order valence-corrected chi connectivity index (χ1v) is 13.6. The van der Waals surface area contributed by atoms with Crippen LogP contribution in [0.1, 0.15) is 34.5 Å². The molecule has 2 atom stereocenters. The Bertz CT molecular complexity index is 1070. The number of ether oxygens (including phenoxy) is 1. The second-order valence-corrected chi connectivity index (χ2v) is 13.7. The third kappa shape index (κ3) is 5.42. The van der Waals surface area contributed by atoms with Gasteiger partial charge in [-0.05, 0) is 41.4 Å². The lowest BCUT2D eigenvalue weighted by Gasteiger charge is -2.36. The third-order valence-corrected chi connectivity index (χ3v) is 10.6. The fraction of sp³-hybridized carbons (Fsp3) is 0.240. The molecule has 0 aromatic heterocycles. The van der Waals surface area contributed by atoms with Gasteiger partial charge in [0.05, 0.1) is 19.2 Å². The van der Waals surface area contributed by atoms with E-state index in [0.29, 0.717) is 16.1 Å². The van der Waals surface area contributed by atoms with Gasteiger partial charge in [-0.15, -0.1) is 0 Å². The lowest BCUT2D eigenvalue weighted by atomic mass is 10.0. The van der Waals surface area contributed by atoms with Crippen LogP contribution < -0.4 is 5.19 Å². The average molecular weight is 477 g/mol. The van der Waals surface area contributed by atoms with Gasteiger partial charge in [0.1, 0.15) is 6.10 Å². The normalized spacial score (nSPS) is 14.0. The highest BCUT2D eigenvalue weighted by Crippen LogP contribution is 2.39. The topological polar surface area (TPSA) is 26.3 Å². The Morgan fingerprint density at radius 2 is 1.56 bits per heavy atom. The lowest BCUT2D eigenvalue weighted by molar-refractivity contribution is -0.137. The van der Waals surface area contributed by atoms with E-state index in [1.165, 1.54) is 23.4 Å². The highest BCUT2D eigenvalue weighted by Gasteiger charge is 2.39. The van der Waals surface area contributed by atoms with Gasteiger partial charge in [-0.2, -0.15) is 13.2 Å². The molecule has 0 heterocycles. The van der Waals surface area contributed by atoms with Crippen molar-refractivity contribution in [2.75, 3.05) is 0 Å². The first-order valence-electron chi connectivity index (χ1n) is 10.2. The van der Waals surface area contributed by atoms with E-state index < -0.39 is 31.9 Å². The van der Waals surface area contributed by atoms with Gasteiger partial charge < -0.3 is 4.74 Å². The number of carbonyl (C=O) groups excluding carboxylic acids is 1. The predicted molar refractivity (Wildman–Crippen MR) is 124 cm³/mol. The molecule has 0 saturated carbocycles. The standard InChI is InChI=1S/C25H24ClF3O2Si/c1-17(32(2,3)22-10-5-4-6-11-22)23(18-12-14-20(15-13-18)25(27,28)29)31-24(30)19-8-7-9-21(26)16-19/h4-17,23H,1-3H3. The molecule has 0 aliphatic heterocycles. The van der Waals surface area contributed by atoms with E-state index in [1.807, 2.05) is 37.3 Å². The van der Waals surface area contributed by atoms with E-state index in [1.54, 1.807) is 18.2 Å². The summed E-state index contributed by atoms with van der Waals surface area (Å²) in [7, 11) is -2.18. The van der Waals surface area contributed by atoms with Gasteiger partial charge in [0, 0.05) is 5.02 Å². The van der Waals surface area contributed by atoms with Crippen molar-refractivity contribution >= 4 is 30.8 Å². The van der Waals surface area contributed by atoms with Crippen molar-refractivity contribution in [2.24, 2.45) is 0 Å². The molecule has 0 fully saturated rings. The summed E-state index contributed by atoms with van der Waals surface area (Å²) in [6.07, 6.45) is -5.15. The number of esters is 1. The highest BCUT2D eigenvalue weighted by atomic mass is 35.5. The SMILES string of the molecule is CC(C(OC(=O)c1cccc(Cl)c1)c1ccc(C(F)(F)F)cc1)[Si](C)(C)c1ccccc1. The van der Waals surface area contributed by atoms with Crippen LogP contribution in [0.5, 0.6) is 0 Å². The molecule has 3 rings (SSSR count). The van der Waals surface area contributed by atoms with E-state index in [-0.39, 0.29) is 5.54 Å². The van der Waals surface area contributed by atoms with Crippen LogP contribution in [0.2, 0.25) is 23.7 Å².